The predicted molar refractivity (Wildman–Crippen MR) is 111 cm³/mol. The van der Waals surface area contributed by atoms with Crippen molar-refractivity contribution in [3.05, 3.63) is 64.7 Å². The number of carbonyl (C=O) groups is 1. The SMILES string of the molecule is CCC(Sc1cc(C)c2cccc(C)c2n1)C(=O)Nc1ccccc1Cl. The molecule has 1 amide bonds. The first-order valence-electron chi connectivity index (χ1n) is 8.58. The van der Waals surface area contributed by atoms with Gasteiger partial charge >= 0.3 is 0 Å². The molecule has 0 spiro atoms. The summed E-state index contributed by atoms with van der Waals surface area (Å²) in [6, 6.07) is 15.5. The van der Waals surface area contributed by atoms with Gasteiger partial charge in [-0.05, 0) is 49.6 Å². The third-order valence-electron chi connectivity index (χ3n) is 4.28. The molecule has 26 heavy (non-hydrogen) atoms. The fourth-order valence-corrected chi connectivity index (χ4v) is 4.03. The molecule has 3 aromatic rings. The van der Waals surface area contributed by atoms with E-state index in [4.69, 9.17) is 16.6 Å². The van der Waals surface area contributed by atoms with Gasteiger partial charge in [0, 0.05) is 5.39 Å². The minimum absolute atomic E-state index is 0.0602. The lowest BCUT2D eigenvalue weighted by molar-refractivity contribution is -0.115. The number of hydrogen-bond acceptors (Lipinski definition) is 3. The van der Waals surface area contributed by atoms with Gasteiger partial charge in [0.05, 0.1) is 26.5 Å². The van der Waals surface area contributed by atoms with E-state index >= 15 is 0 Å². The van der Waals surface area contributed by atoms with Crippen LogP contribution in [0.15, 0.2) is 53.6 Å². The van der Waals surface area contributed by atoms with E-state index in [1.165, 1.54) is 17.3 Å². The minimum atomic E-state index is -0.236. The molecule has 5 heteroatoms. The molecule has 0 saturated heterocycles. The average molecular weight is 385 g/mol. The highest BCUT2D eigenvalue weighted by atomic mass is 35.5. The van der Waals surface area contributed by atoms with E-state index in [1.54, 1.807) is 12.1 Å². The second-order valence-corrected chi connectivity index (χ2v) is 7.86. The molecule has 1 aromatic heterocycles. The maximum Gasteiger partial charge on any atom is 0.237 e. The summed E-state index contributed by atoms with van der Waals surface area (Å²) in [5.41, 5.74) is 3.94. The molecule has 2 aromatic carbocycles. The van der Waals surface area contributed by atoms with E-state index in [2.05, 4.69) is 37.4 Å². The molecule has 1 N–H and O–H groups in total. The van der Waals surface area contributed by atoms with Crippen LogP contribution in [0, 0.1) is 13.8 Å². The number of amides is 1. The van der Waals surface area contributed by atoms with Gasteiger partial charge < -0.3 is 5.32 Å². The second kappa shape index (κ2) is 8.11. The Morgan fingerprint density at radius 3 is 2.65 bits per heavy atom. The van der Waals surface area contributed by atoms with Crippen LogP contribution in [0.3, 0.4) is 0 Å². The van der Waals surface area contributed by atoms with Crippen molar-refractivity contribution in [2.45, 2.75) is 37.5 Å². The summed E-state index contributed by atoms with van der Waals surface area (Å²) in [4.78, 5) is 17.5. The van der Waals surface area contributed by atoms with E-state index in [0.29, 0.717) is 17.1 Å². The van der Waals surface area contributed by atoms with E-state index in [9.17, 15) is 4.79 Å². The van der Waals surface area contributed by atoms with Crippen LogP contribution in [-0.2, 0) is 4.79 Å². The van der Waals surface area contributed by atoms with Gasteiger partial charge in [-0.3, -0.25) is 4.79 Å². The highest BCUT2D eigenvalue weighted by Crippen LogP contribution is 2.30. The van der Waals surface area contributed by atoms with Crippen molar-refractivity contribution in [3.8, 4) is 0 Å². The lowest BCUT2D eigenvalue weighted by Gasteiger charge is -2.16. The van der Waals surface area contributed by atoms with Crippen LogP contribution in [0.5, 0.6) is 0 Å². The van der Waals surface area contributed by atoms with Crippen molar-refractivity contribution in [2.75, 3.05) is 5.32 Å². The summed E-state index contributed by atoms with van der Waals surface area (Å²) in [6.45, 7) is 6.14. The zero-order valence-electron chi connectivity index (χ0n) is 15.0. The molecule has 134 valence electrons. The fourth-order valence-electron chi connectivity index (χ4n) is 2.84. The average Bonchev–Trinajstić information content (AvgIpc) is 2.62. The number of benzene rings is 2. The summed E-state index contributed by atoms with van der Waals surface area (Å²) in [7, 11) is 0. The van der Waals surface area contributed by atoms with Gasteiger partial charge in [-0.2, -0.15) is 0 Å². The van der Waals surface area contributed by atoms with E-state index in [-0.39, 0.29) is 11.2 Å². The molecular weight excluding hydrogens is 364 g/mol. The second-order valence-electron chi connectivity index (χ2n) is 6.23. The zero-order chi connectivity index (χ0) is 18.7. The maximum atomic E-state index is 12.7. The summed E-state index contributed by atoms with van der Waals surface area (Å²) in [5, 5.41) is 5.25. The minimum Gasteiger partial charge on any atom is -0.324 e. The first kappa shape index (κ1) is 18.7. The van der Waals surface area contributed by atoms with Gasteiger partial charge in [0.25, 0.3) is 0 Å². The molecule has 0 bridgehead atoms. The van der Waals surface area contributed by atoms with Crippen molar-refractivity contribution in [3.63, 3.8) is 0 Å². The number of halogens is 1. The van der Waals surface area contributed by atoms with Crippen LogP contribution in [0.4, 0.5) is 5.69 Å². The van der Waals surface area contributed by atoms with Gasteiger partial charge in [-0.1, -0.05) is 60.6 Å². The maximum absolute atomic E-state index is 12.7. The van der Waals surface area contributed by atoms with Gasteiger partial charge in [0.15, 0.2) is 0 Å². The van der Waals surface area contributed by atoms with Crippen LogP contribution in [0.2, 0.25) is 5.02 Å². The van der Waals surface area contributed by atoms with E-state index < -0.39 is 0 Å². The van der Waals surface area contributed by atoms with Crippen LogP contribution in [-0.4, -0.2) is 16.1 Å². The Hall–Kier alpha value is -2.04. The molecule has 0 fully saturated rings. The molecule has 0 aliphatic rings. The van der Waals surface area contributed by atoms with Gasteiger partial charge in [0.2, 0.25) is 5.91 Å². The summed E-state index contributed by atoms with van der Waals surface area (Å²) in [6.07, 6.45) is 0.702. The molecule has 0 aliphatic carbocycles. The molecule has 3 rings (SSSR count). The number of aromatic nitrogens is 1. The van der Waals surface area contributed by atoms with Crippen molar-refractivity contribution in [1.82, 2.24) is 4.98 Å². The third-order valence-corrected chi connectivity index (χ3v) is 5.89. The van der Waals surface area contributed by atoms with Crippen molar-refractivity contribution < 1.29 is 4.79 Å². The Labute approximate surface area is 163 Å². The quantitative estimate of drug-likeness (QED) is 0.547. The number of aryl methyl sites for hydroxylation is 2. The normalized spacial score (nSPS) is 12.2. The Balaban J connectivity index is 1.84. The Morgan fingerprint density at radius 2 is 1.92 bits per heavy atom. The number of nitrogens with zero attached hydrogens (tertiary/aromatic N) is 1. The molecule has 1 unspecified atom stereocenters. The number of anilines is 1. The fraction of sp³-hybridized carbons (Fsp3) is 0.238. The largest absolute Gasteiger partial charge is 0.324 e. The number of carbonyl (C=O) groups excluding carboxylic acids is 1. The van der Waals surface area contributed by atoms with Crippen LogP contribution >= 0.6 is 23.4 Å². The molecule has 3 nitrogen and oxygen atoms in total. The third kappa shape index (κ3) is 4.02. The molecular formula is C21H21ClN2OS. The Morgan fingerprint density at radius 1 is 1.15 bits per heavy atom. The zero-order valence-corrected chi connectivity index (χ0v) is 16.6. The monoisotopic (exact) mass is 384 g/mol. The summed E-state index contributed by atoms with van der Waals surface area (Å²) >= 11 is 7.64. The molecule has 0 radical (unpaired) electrons. The molecule has 0 aliphatic heterocycles. The first-order valence-corrected chi connectivity index (χ1v) is 9.84. The Bertz CT molecular complexity index is 958. The lowest BCUT2D eigenvalue weighted by atomic mass is 10.1. The van der Waals surface area contributed by atoms with Crippen LogP contribution in [0.25, 0.3) is 10.9 Å². The van der Waals surface area contributed by atoms with Crippen molar-refractivity contribution in [1.29, 1.82) is 0 Å². The highest BCUT2D eigenvalue weighted by Gasteiger charge is 2.20. The van der Waals surface area contributed by atoms with Gasteiger partial charge in [0.1, 0.15) is 0 Å². The van der Waals surface area contributed by atoms with Gasteiger partial charge in [-0.15, -0.1) is 0 Å². The van der Waals surface area contributed by atoms with Crippen molar-refractivity contribution in [2.24, 2.45) is 0 Å². The highest BCUT2D eigenvalue weighted by molar-refractivity contribution is 8.00. The summed E-state index contributed by atoms with van der Waals surface area (Å²) < 4.78 is 0. The first-order chi connectivity index (χ1) is 12.5. The number of rotatable bonds is 5. The number of pyridine rings is 1. The van der Waals surface area contributed by atoms with E-state index in [1.807, 2.05) is 25.1 Å². The van der Waals surface area contributed by atoms with Gasteiger partial charge in [-0.25, -0.2) is 4.98 Å². The summed E-state index contributed by atoms with van der Waals surface area (Å²) in [5.74, 6) is -0.0602. The number of fused-ring (bicyclic) bond motifs is 1. The molecule has 1 atom stereocenters. The number of hydrogen-bond donors (Lipinski definition) is 1. The van der Waals surface area contributed by atoms with Crippen molar-refractivity contribution >= 4 is 45.9 Å². The van der Waals surface area contributed by atoms with E-state index in [0.717, 1.165) is 21.5 Å². The number of thioether (sulfide) groups is 1. The Kier molecular flexibility index (Phi) is 5.84. The number of para-hydroxylation sites is 2. The molecule has 1 heterocycles. The molecule has 0 saturated carbocycles. The standard InChI is InChI=1S/C21H21ClN2OS/c1-4-18(21(25)23-17-11-6-5-10-16(17)22)26-19-12-14(3)15-9-7-8-13(2)20(15)24-19/h5-12,18H,4H2,1-3H3,(H,23,25). The topological polar surface area (TPSA) is 42.0 Å². The predicted octanol–water partition coefficient (Wildman–Crippen LogP) is 6.01. The van der Waals surface area contributed by atoms with Crippen LogP contribution < -0.4 is 5.32 Å². The lowest BCUT2D eigenvalue weighted by Crippen LogP contribution is -2.24. The number of nitrogens with one attached hydrogen (secondary N) is 1. The smallest absolute Gasteiger partial charge is 0.237 e. The van der Waals surface area contributed by atoms with Crippen LogP contribution in [0.1, 0.15) is 24.5 Å².